The Labute approximate surface area is 132 Å². The maximum absolute atomic E-state index is 12.1. The molecule has 0 radical (unpaired) electrons. The predicted octanol–water partition coefficient (Wildman–Crippen LogP) is 2.53. The van der Waals surface area contributed by atoms with Crippen molar-refractivity contribution < 1.29 is 9.53 Å². The second kappa shape index (κ2) is 5.08. The minimum atomic E-state index is 0.0668. The summed E-state index contributed by atoms with van der Waals surface area (Å²) in [5, 5.41) is 0. The molecule has 2 aromatic heterocycles. The van der Waals surface area contributed by atoms with Crippen molar-refractivity contribution in [3.63, 3.8) is 0 Å². The number of anilines is 1. The number of hydrogen-bond acceptors (Lipinski definition) is 5. The summed E-state index contributed by atoms with van der Waals surface area (Å²) in [5.41, 5.74) is 10.2. The van der Waals surface area contributed by atoms with Gasteiger partial charge in [0.05, 0.1) is 24.1 Å². The molecule has 1 aromatic carbocycles. The summed E-state index contributed by atoms with van der Waals surface area (Å²) in [4.78, 5) is 21.2. The summed E-state index contributed by atoms with van der Waals surface area (Å²) in [6.07, 6.45) is 3.81. The van der Waals surface area contributed by atoms with Crippen LogP contribution in [-0.2, 0) is 6.42 Å². The molecule has 116 valence electrons. The highest BCUT2D eigenvalue weighted by molar-refractivity contribution is 6.07. The minimum absolute atomic E-state index is 0.0668. The molecule has 0 saturated heterocycles. The molecule has 2 heterocycles. The van der Waals surface area contributed by atoms with Gasteiger partial charge >= 0.3 is 0 Å². The van der Waals surface area contributed by atoms with Gasteiger partial charge in [-0.1, -0.05) is 0 Å². The number of nitrogens with two attached hydrogens (primary N) is 1. The van der Waals surface area contributed by atoms with Crippen LogP contribution in [0.15, 0.2) is 30.6 Å². The Kier molecular flexibility index (Phi) is 3.04. The summed E-state index contributed by atoms with van der Waals surface area (Å²) in [5.74, 6) is 0.853. The van der Waals surface area contributed by atoms with Gasteiger partial charge in [0.1, 0.15) is 17.6 Å². The number of nitrogen functional groups attached to an aromatic ring is 1. The lowest BCUT2D eigenvalue weighted by Gasteiger charge is -2.16. The Morgan fingerprint density at radius 1 is 1.22 bits per heavy atom. The van der Waals surface area contributed by atoms with E-state index >= 15 is 0 Å². The first-order valence-corrected chi connectivity index (χ1v) is 7.52. The topological polar surface area (TPSA) is 83.0 Å². The van der Waals surface area contributed by atoms with Crippen LogP contribution in [0.3, 0.4) is 0 Å². The number of aryl methyl sites for hydroxylation is 1. The Hall–Kier alpha value is -2.89. The first kappa shape index (κ1) is 13.8. The maximum Gasteiger partial charge on any atom is 0.166 e. The number of hydrogen-bond donors (Lipinski definition) is 1. The number of carbonyl (C=O) groups is 1. The van der Waals surface area contributed by atoms with E-state index in [2.05, 4.69) is 9.97 Å². The lowest BCUT2D eigenvalue weighted by molar-refractivity contribution is 0.0972. The van der Waals surface area contributed by atoms with Crippen molar-refractivity contribution in [3.8, 4) is 11.4 Å². The molecule has 4 rings (SSSR count). The highest BCUT2D eigenvalue weighted by Crippen LogP contribution is 2.31. The van der Waals surface area contributed by atoms with Gasteiger partial charge in [-0.3, -0.25) is 9.36 Å². The summed E-state index contributed by atoms with van der Waals surface area (Å²) in [7, 11) is 1.63. The highest BCUT2D eigenvalue weighted by atomic mass is 16.5. The van der Waals surface area contributed by atoms with Crippen molar-refractivity contribution in [2.75, 3.05) is 12.8 Å². The standard InChI is InChI=1S/C17H16N4O2/c1-23-11-7-5-10(6-8-11)21-9-19-16-15(18)14-12(20-17(16)21)3-2-4-13(14)22/h5-9H,2-4H2,1H3,(H2,18,20). The van der Waals surface area contributed by atoms with E-state index in [0.717, 1.165) is 30.0 Å². The van der Waals surface area contributed by atoms with Crippen LogP contribution >= 0.6 is 0 Å². The Morgan fingerprint density at radius 3 is 2.74 bits per heavy atom. The van der Waals surface area contributed by atoms with Crippen molar-refractivity contribution in [3.05, 3.63) is 41.9 Å². The van der Waals surface area contributed by atoms with Crippen LogP contribution in [0.5, 0.6) is 5.75 Å². The number of nitrogens with zero attached hydrogens (tertiary/aromatic N) is 3. The molecule has 1 aliphatic carbocycles. The molecule has 2 N–H and O–H groups in total. The number of ketones is 1. The van der Waals surface area contributed by atoms with E-state index in [0.29, 0.717) is 28.8 Å². The molecule has 0 unspecified atom stereocenters. The summed E-state index contributed by atoms with van der Waals surface area (Å²) >= 11 is 0. The van der Waals surface area contributed by atoms with Crippen LogP contribution in [0.25, 0.3) is 16.9 Å². The second-order valence-electron chi connectivity index (χ2n) is 5.61. The van der Waals surface area contributed by atoms with E-state index in [1.54, 1.807) is 13.4 Å². The molecule has 6 nitrogen and oxygen atoms in total. The molecule has 6 heteroatoms. The molecule has 0 spiro atoms. The van der Waals surface area contributed by atoms with Crippen LogP contribution in [0.4, 0.5) is 5.69 Å². The van der Waals surface area contributed by atoms with Crippen molar-refractivity contribution >= 4 is 22.6 Å². The smallest absolute Gasteiger partial charge is 0.166 e. The molecule has 0 fully saturated rings. The fourth-order valence-corrected chi connectivity index (χ4v) is 3.06. The zero-order chi connectivity index (χ0) is 16.0. The zero-order valence-corrected chi connectivity index (χ0v) is 12.7. The number of Topliss-reactive ketones (excluding diaryl/α,β-unsaturated/α-hetero) is 1. The van der Waals surface area contributed by atoms with Gasteiger partial charge in [0, 0.05) is 12.1 Å². The van der Waals surface area contributed by atoms with E-state index < -0.39 is 0 Å². The number of carbonyl (C=O) groups excluding carboxylic acids is 1. The number of aromatic nitrogens is 3. The Morgan fingerprint density at radius 2 is 2.00 bits per heavy atom. The third-order valence-electron chi connectivity index (χ3n) is 4.24. The second-order valence-corrected chi connectivity index (χ2v) is 5.61. The number of rotatable bonds is 2. The van der Waals surface area contributed by atoms with E-state index in [1.165, 1.54) is 0 Å². The molecule has 23 heavy (non-hydrogen) atoms. The van der Waals surface area contributed by atoms with Gasteiger partial charge in [0.25, 0.3) is 0 Å². The van der Waals surface area contributed by atoms with Gasteiger partial charge < -0.3 is 10.5 Å². The van der Waals surface area contributed by atoms with Gasteiger partial charge in [-0.15, -0.1) is 0 Å². The average molecular weight is 308 g/mol. The van der Waals surface area contributed by atoms with Crippen molar-refractivity contribution in [2.45, 2.75) is 19.3 Å². The van der Waals surface area contributed by atoms with E-state index in [4.69, 9.17) is 10.5 Å². The fraction of sp³-hybridized carbons (Fsp3) is 0.235. The predicted molar refractivity (Wildman–Crippen MR) is 87.1 cm³/mol. The number of methoxy groups -OCH3 is 1. The molecule has 0 aliphatic heterocycles. The molecule has 0 saturated carbocycles. The van der Waals surface area contributed by atoms with E-state index in [9.17, 15) is 4.79 Å². The summed E-state index contributed by atoms with van der Waals surface area (Å²) < 4.78 is 7.06. The minimum Gasteiger partial charge on any atom is -0.497 e. The first-order valence-electron chi connectivity index (χ1n) is 7.52. The summed E-state index contributed by atoms with van der Waals surface area (Å²) in [6.45, 7) is 0. The first-order chi connectivity index (χ1) is 11.2. The Balaban J connectivity index is 1.92. The van der Waals surface area contributed by atoms with Gasteiger partial charge in [-0.25, -0.2) is 9.97 Å². The van der Waals surface area contributed by atoms with Gasteiger partial charge in [-0.05, 0) is 37.1 Å². The lowest BCUT2D eigenvalue weighted by Crippen LogP contribution is -2.16. The van der Waals surface area contributed by atoms with Gasteiger partial charge in [0.15, 0.2) is 11.4 Å². The normalized spacial score (nSPS) is 14.0. The van der Waals surface area contributed by atoms with Gasteiger partial charge in [-0.2, -0.15) is 0 Å². The van der Waals surface area contributed by atoms with Crippen molar-refractivity contribution in [1.82, 2.24) is 14.5 Å². The zero-order valence-electron chi connectivity index (χ0n) is 12.7. The van der Waals surface area contributed by atoms with Crippen LogP contribution in [0, 0.1) is 0 Å². The molecular weight excluding hydrogens is 292 g/mol. The van der Waals surface area contributed by atoms with Crippen LogP contribution in [-0.4, -0.2) is 27.4 Å². The van der Waals surface area contributed by atoms with E-state index in [-0.39, 0.29) is 5.78 Å². The molecule has 0 amide bonds. The van der Waals surface area contributed by atoms with Crippen molar-refractivity contribution in [1.29, 1.82) is 0 Å². The highest BCUT2D eigenvalue weighted by Gasteiger charge is 2.25. The molecule has 0 bridgehead atoms. The van der Waals surface area contributed by atoms with E-state index in [1.807, 2.05) is 28.8 Å². The quantitative estimate of drug-likeness (QED) is 0.786. The number of fused-ring (bicyclic) bond motifs is 2. The monoisotopic (exact) mass is 308 g/mol. The number of ether oxygens (including phenoxy) is 1. The SMILES string of the molecule is COc1ccc(-n2cnc3c(N)c4c(nc32)CCCC4=O)cc1. The number of benzene rings is 1. The molecule has 1 aliphatic rings. The largest absolute Gasteiger partial charge is 0.497 e. The third-order valence-corrected chi connectivity index (χ3v) is 4.24. The lowest BCUT2D eigenvalue weighted by atomic mass is 9.93. The van der Waals surface area contributed by atoms with Crippen LogP contribution < -0.4 is 10.5 Å². The molecular formula is C17H16N4O2. The van der Waals surface area contributed by atoms with Gasteiger partial charge in [0.2, 0.25) is 0 Å². The van der Waals surface area contributed by atoms with Crippen LogP contribution in [0.1, 0.15) is 28.9 Å². The fourth-order valence-electron chi connectivity index (χ4n) is 3.06. The number of pyridine rings is 1. The maximum atomic E-state index is 12.1. The third kappa shape index (κ3) is 2.06. The average Bonchev–Trinajstić information content (AvgIpc) is 2.99. The summed E-state index contributed by atoms with van der Waals surface area (Å²) in [6, 6.07) is 7.63. The van der Waals surface area contributed by atoms with Crippen molar-refractivity contribution in [2.24, 2.45) is 0 Å². The molecule has 0 atom stereocenters. The Bertz CT molecular complexity index is 912. The number of imidazole rings is 1. The molecule has 3 aromatic rings. The van der Waals surface area contributed by atoms with Crippen LogP contribution in [0.2, 0.25) is 0 Å².